The van der Waals surface area contributed by atoms with Gasteiger partial charge in [0.2, 0.25) is 0 Å². The number of amides is 1. The number of carbonyl (C=O) groups excluding carboxylic acids is 2. The van der Waals surface area contributed by atoms with Crippen molar-refractivity contribution in [3.63, 3.8) is 0 Å². The average molecular weight is 437 g/mol. The number of hydrazone groups is 1. The minimum atomic E-state index is -0.400. The normalized spacial score (nSPS) is 11.0. The lowest BCUT2D eigenvalue weighted by Crippen LogP contribution is -2.24. The second-order valence-electron chi connectivity index (χ2n) is 6.96. The lowest BCUT2D eigenvalue weighted by molar-refractivity contribution is -0.123. The molecular weight excluding hydrogens is 410 g/mol. The van der Waals surface area contributed by atoms with E-state index >= 15 is 0 Å². The van der Waals surface area contributed by atoms with Crippen molar-refractivity contribution in [2.24, 2.45) is 5.10 Å². The zero-order valence-corrected chi connectivity index (χ0v) is 18.7. The first-order chi connectivity index (χ1) is 15.5. The highest BCUT2D eigenvalue weighted by Crippen LogP contribution is 2.30. The van der Waals surface area contributed by atoms with Gasteiger partial charge in [-0.3, -0.25) is 4.79 Å². The number of methoxy groups -OCH3 is 1. The van der Waals surface area contributed by atoms with Gasteiger partial charge < -0.3 is 18.8 Å². The van der Waals surface area contributed by atoms with Gasteiger partial charge in [-0.2, -0.15) is 5.10 Å². The molecule has 0 atom stereocenters. The largest absolute Gasteiger partial charge is 0.497 e. The second kappa shape index (κ2) is 10.5. The summed E-state index contributed by atoms with van der Waals surface area (Å²) in [6.45, 7) is 6.48. The van der Waals surface area contributed by atoms with E-state index in [0.717, 1.165) is 34.5 Å². The first-order valence-electron chi connectivity index (χ1n) is 10.4. The molecule has 0 saturated heterocycles. The van der Waals surface area contributed by atoms with Crippen molar-refractivity contribution in [1.29, 1.82) is 0 Å². The Morgan fingerprint density at radius 1 is 1.09 bits per heavy atom. The van der Waals surface area contributed by atoms with Gasteiger partial charge in [-0.25, -0.2) is 10.2 Å². The van der Waals surface area contributed by atoms with E-state index in [1.165, 1.54) is 6.21 Å². The van der Waals surface area contributed by atoms with Crippen molar-refractivity contribution < 1.29 is 23.8 Å². The van der Waals surface area contributed by atoms with Crippen LogP contribution in [0, 0.1) is 6.92 Å². The molecule has 3 aromatic rings. The SMILES string of the molecule is CCOC(=O)c1c(C)n(CC)c2ccc(OCC(=O)N/N=C/c3ccc(OC)cc3)cc12. The number of nitrogens with zero attached hydrogens (tertiary/aromatic N) is 2. The first-order valence-corrected chi connectivity index (χ1v) is 10.4. The fourth-order valence-corrected chi connectivity index (χ4v) is 3.47. The lowest BCUT2D eigenvalue weighted by atomic mass is 10.1. The van der Waals surface area contributed by atoms with E-state index < -0.39 is 5.91 Å². The minimum absolute atomic E-state index is 0.215. The molecule has 0 unspecified atom stereocenters. The van der Waals surface area contributed by atoms with Crippen LogP contribution in [0.2, 0.25) is 0 Å². The van der Waals surface area contributed by atoms with Crippen LogP contribution in [0.4, 0.5) is 0 Å². The number of fused-ring (bicyclic) bond motifs is 1. The van der Waals surface area contributed by atoms with Gasteiger partial charge in [0.15, 0.2) is 6.61 Å². The Kier molecular flexibility index (Phi) is 7.49. The minimum Gasteiger partial charge on any atom is -0.497 e. The third-order valence-corrected chi connectivity index (χ3v) is 4.98. The van der Waals surface area contributed by atoms with Gasteiger partial charge in [0.25, 0.3) is 5.91 Å². The molecule has 32 heavy (non-hydrogen) atoms. The zero-order valence-electron chi connectivity index (χ0n) is 18.7. The lowest BCUT2D eigenvalue weighted by Gasteiger charge is -2.07. The van der Waals surface area contributed by atoms with Gasteiger partial charge in [-0.15, -0.1) is 0 Å². The summed E-state index contributed by atoms with van der Waals surface area (Å²) in [6.07, 6.45) is 1.53. The first kappa shape index (κ1) is 22.9. The van der Waals surface area contributed by atoms with Gasteiger partial charge in [0.1, 0.15) is 11.5 Å². The van der Waals surface area contributed by atoms with Crippen LogP contribution < -0.4 is 14.9 Å². The summed E-state index contributed by atoms with van der Waals surface area (Å²) in [6, 6.07) is 12.7. The quantitative estimate of drug-likeness (QED) is 0.313. The third-order valence-electron chi connectivity index (χ3n) is 4.98. The van der Waals surface area contributed by atoms with E-state index in [1.54, 1.807) is 38.3 Å². The number of ether oxygens (including phenoxy) is 3. The Balaban J connectivity index is 1.67. The molecule has 168 valence electrons. The Hall–Kier alpha value is -3.81. The summed E-state index contributed by atoms with van der Waals surface area (Å²) in [7, 11) is 1.60. The van der Waals surface area contributed by atoms with Gasteiger partial charge >= 0.3 is 5.97 Å². The predicted octanol–water partition coefficient (Wildman–Crippen LogP) is 3.68. The van der Waals surface area contributed by atoms with Crippen molar-refractivity contribution in [3.05, 3.63) is 59.3 Å². The summed E-state index contributed by atoms with van der Waals surface area (Å²) in [5.41, 5.74) is 5.52. The highest BCUT2D eigenvalue weighted by atomic mass is 16.5. The van der Waals surface area contributed by atoms with Crippen molar-refractivity contribution in [2.45, 2.75) is 27.3 Å². The van der Waals surface area contributed by atoms with Crippen LogP contribution in [0.15, 0.2) is 47.6 Å². The predicted molar refractivity (Wildman–Crippen MR) is 123 cm³/mol. The molecule has 2 aromatic carbocycles. The van der Waals surface area contributed by atoms with Gasteiger partial charge in [0.05, 0.1) is 25.5 Å². The van der Waals surface area contributed by atoms with Gasteiger partial charge in [-0.1, -0.05) is 0 Å². The number of hydrogen-bond donors (Lipinski definition) is 1. The number of nitrogens with one attached hydrogen (secondary N) is 1. The summed E-state index contributed by atoms with van der Waals surface area (Å²) in [5.74, 6) is 0.450. The van der Waals surface area contributed by atoms with Crippen molar-refractivity contribution in [2.75, 3.05) is 20.3 Å². The molecule has 8 heteroatoms. The molecule has 0 bridgehead atoms. The molecule has 1 heterocycles. The third kappa shape index (κ3) is 5.08. The maximum Gasteiger partial charge on any atom is 0.340 e. The summed E-state index contributed by atoms with van der Waals surface area (Å²) < 4.78 is 18.0. The molecule has 0 spiro atoms. The fraction of sp³-hybridized carbons (Fsp3) is 0.292. The molecule has 0 radical (unpaired) electrons. The number of hydrogen-bond acceptors (Lipinski definition) is 6. The van der Waals surface area contributed by atoms with Crippen LogP contribution in [-0.2, 0) is 16.1 Å². The maximum atomic E-state index is 12.5. The number of aromatic nitrogens is 1. The number of benzene rings is 2. The summed E-state index contributed by atoms with van der Waals surface area (Å²) >= 11 is 0. The van der Waals surface area contributed by atoms with Gasteiger partial charge in [-0.05, 0) is 68.8 Å². The summed E-state index contributed by atoms with van der Waals surface area (Å²) in [4.78, 5) is 24.6. The topological polar surface area (TPSA) is 91.2 Å². The smallest absolute Gasteiger partial charge is 0.340 e. The Bertz CT molecular complexity index is 1130. The number of esters is 1. The molecule has 0 aliphatic carbocycles. The molecule has 0 fully saturated rings. The van der Waals surface area contributed by atoms with E-state index in [9.17, 15) is 9.59 Å². The number of aryl methyl sites for hydroxylation is 1. The molecule has 3 rings (SSSR count). The van der Waals surface area contributed by atoms with Crippen LogP contribution in [-0.4, -0.2) is 43.0 Å². The second-order valence-corrected chi connectivity index (χ2v) is 6.96. The zero-order chi connectivity index (χ0) is 23.1. The van der Waals surface area contributed by atoms with Crippen molar-refractivity contribution >= 4 is 29.0 Å². The van der Waals surface area contributed by atoms with Crippen LogP contribution in [0.1, 0.15) is 35.5 Å². The number of rotatable bonds is 9. The van der Waals surface area contributed by atoms with E-state index in [0.29, 0.717) is 17.9 Å². The maximum absolute atomic E-state index is 12.5. The molecule has 0 aliphatic rings. The summed E-state index contributed by atoms with van der Waals surface area (Å²) in [5, 5.41) is 4.67. The van der Waals surface area contributed by atoms with Crippen LogP contribution in [0.25, 0.3) is 10.9 Å². The number of carbonyl (C=O) groups is 2. The standard InChI is InChI=1S/C24H27N3O5/c1-5-27-16(3)23(24(29)31-6-2)20-13-19(11-12-21(20)27)32-15-22(28)26-25-14-17-7-9-18(30-4)10-8-17/h7-14H,5-6,15H2,1-4H3,(H,26,28)/b25-14+. The molecule has 8 nitrogen and oxygen atoms in total. The molecule has 1 N–H and O–H groups in total. The monoisotopic (exact) mass is 437 g/mol. The molecule has 0 aliphatic heterocycles. The molecular formula is C24H27N3O5. The van der Waals surface area contributed by atoms with Crippen LogP contribution >= 0.6 is 0 Å². The van der Waals surface area contributed by atoms with Crippen LogP contribution in [0.5, 0.6) is 11.5 Å². The van der Waals surface area contributed by atoms with Crippen molar-refractivity contribution in [3.8, 4) is 11.5 Å². The van der Waals surface area contributed by atoms with Gasteiger partial charge in [0, 0.05) is 23.1 Å². The molecule has 0 saturated carbocycles. The van der Waals surface area contributed by atoms with Crippen molar-refractivity contribution in [1.82, 2.24) is 9.99 Å². The highest BCUT2D eigenvalue weighted by molar-refractivity contribution is 6.06. The molecule has 1 amide bonds. The van der Waals surface area contributed by atoms with E-state index in [4.69, 9.17) is 14.2 Å². The molecule has 1 aromatic heterocycles. The van der Waals surface area contributed by atoms with E-state index in [2.05, 4.69) is 10.5 Å². The Morgan fingerprint density at radius 3 is 2.47 bits per heavy atom. The Labute approximate surface area is 186 Å². The Morgan fingerprint density at radius 2 is 1.81 bits per heavy atom. The van der Waals surface area contributed by atoms with E-state index in [-0.39, 0.29) is 12.6 Å². The fourth-order valence-electron chi connectivity index (χ4n) is 3.47. The average Bonchev–Trinajstić information content (AvgIpc) is 3.08. The van der Waals surface area contributed by atoms with E-state index in [1.807, 2.05) is 36.6 Å². The van der Waals surface area contributed by atoms with Crippen LogP contribution in [0.3, 0.4) is 0 Å². The highest BCUT2D eigenvalue weighted by Gasteiger charge is 2.21.